The molecule has 0 bridgehead atoms. The lowest BCUT2D eigenvalue weighted by atomic mass is 9.87. The molecule has 0 aromatic heterocycles. The van der Waals surface area contributed by atoms with E-state index in [4.69, 9.17) is 9.47 Å². The van der Waals surface area contributed by atoms with Gasteiger partial charge < -0.3 is 14.4 Å². The van der Waals surface area contributed by atoms with Crippen molar-refractivity contribution in [1.29, 1.82) is 0 Å². The number of carbonyl (C=O) groups is 1. The van der Waals surface area contributed by atoms with Crippen LogP contribution in [0.5, 0.6) is 0 Å². The summed E-state index contributed by atoms with van der Waals surface area (Å²) in [6.07, 6.45) is 3.99. The van der Waals surface area contributed by atoms with Gasteiger partial charge in [0.1, 0.15) is 0 Å². The summed E-state index contributed by atoms with van der Waals surface area (Å²) in [6.45, 7) is 4.71. The van der Waals surface area contributed by atoms with Crippen molar-refractivity contribution in [1.82, 2.24) is 4.90 Å². The molecular weight excluding hydrogens is 194 g/mol. The molecule has 0 N–H and O–H groups in total. The lowest BCUT2D eigenvalue weighted by molar-refractivity contribution is -0.00801. The molecule has 2 rings (SSSR count). The Bertz CT molecular complexity index is 236. The smallest absolute Gasteiger partial charge is 0.410 e. The molecule has 4 nitrogen and oxygen atoms in total. The minimum Gasteiger partial charge on any atom is -0.450 e. The fourth-order valence-electron chi connectivity index (χ4n) is 2.70. The summed E-state index contributed by atoms with van der Waals surface area (Å²) in [4.78, 5) is 13.7. The molecule has 15 heavy (non-hydrogen) atoms. The molecule has 0 aromatic carbocycles. The van der Waals surface area contributed by atoms with Crippen LogP contribution in [0, 0.1) is 0 Å². The Morgan fingerprint density at radius 2 is 2.13 bits per heavy atom. The van der Waals surface area contributed by atoms with Crippen LogP contribution in [0.1, 0.15) is 32.6 Å². The van der Waals surface area contributed by atoms with Crippen LogP contribution in [0.4, 0.5) is 4.79 Å². The maximum absolute atomic E-state index is 11.8. The Morgan fingerprint density at radius 1 is 1.40 bits per heavy atom. The molecule has 2 aliphatic rings. The van der Waals surface area contributed by atoms with Crippen molar-refractivity contribution in [2.24, 2.45) is 0 Å². The number of rotatable bonds is 1. The van der Waals surface area contributed by atoms with Gasteiger partial charge in [-0.25, -0.2) is 4.79 Å². The molecule has 2 saturated heterocycles. The van der Waals surface area contributed by atoms with E-state index in [0.717, 1.165) is 45.4 Å². The summed E-state index contributed by atoms with van der Waals surface area (Å²) < 4.78 is 10.5. The number of hydrogen-bond donors (Lipinski definition) is 0. The molecule has 0 atom stereocenters. The Morgan fingerprint density at radius 3 is 2.80 bits per heavy atom. The first kappa shape index (κ1) is 10.7. The summed E-state index contributed by atoms with van der Waals surface area (Å²) in [5.41, 5.74) is 0.0461. The maximum atomic E-state index is 11.8. The molecule has 0 saturated carbocycles. The van der Waals surface area contributed by atoms with Crippen molar-refractivity contribution >= 4 is 6.09 Å². The highest BCUT2D eigenvalue weighted by atomic mass is 16.6. The Kier molecular flexibility index (Phi) is 3.14. The van der Waals surface area contributed by atoms with Crippen LogP contribution in [0.2, 0.25) is 0 Å². The minimum absolute atomic E-state index is 0.0461. The Labute approximate surface area is 90.5 Å². The van der Waals surface area contributed by atoms with Crippen molar-refractivity contribution in [3.8, 4) is 0 Å². The van der Waals surface area contributed by atoms with Crippen molar-refractivity contribution in [2.45, 2.75) is 38.1 Å². The Hall–Kier alpha value is -0.770. The van der Waals surface area contributed by atoms with Crippen LogP contribution in [0.25, 0.3) is 0 Å². The normalized spacial score (nSPS) is 24.5. The minimum atomic E-state index is -0.142. The molecule has 2 fully saturated rings. The molecule has 2 aliphatic heterocycles. The summed E-state index contributed by atoms with van der Waals surface area (Å²) in [7, 11) is 0. The summed E-state index contributed by atoms with van der Waals surface area (Å²) in [5.74, 6) is 0. The van der Waals surface area contributed by atoms with E-state index in [1.165, 1.54) is 0 Å². The van der Waals surface area contributed by atoms with Gasteiger partial charge in [-0.3, -0.25) is 0 Å². The summed E-state index contributed by atoms with van der Waals surface area (Å²) in [5, 5.41) is 0. The monoisotopic (exact) mass is 213 g/mol. The first-order valence-electron chi connectivity index (χ1n) is 5.81. The van der Waals surface area contributed by atoms with E-state index < -0.39 is 0 Å². The van der Waals surface area contributed by atoms with Crippen LogP contribution in [-0.4, -0.2) is 42.9 Å². The first-order chi connectivity index (χ1) is 7.28. The van der Waals surface area contributed by atoms with Gasteiger partial charge in [-0.15, -0.1) is 0 Å². The van der Waals surface area contributed by atoms with Crippen LogP contribution in [0.15, 0.2) is 0 Å². The highest BCUT2D eigenvalue weighted by Gasteiger charge is 2.45. The zero-order chi connectivity index (χ0) is 10.7. The fraction of sp³-hybridized carbons (Fsp3) is 0.909. The topological polar surface area (TPSA) is 38.8 Å². The van der Waals surface area contributed by atoms with E-state index in [1.54, 1.807) is 0 Å². The average molecular weight is 213 g/mol. The van der Waals surface area contributed by atoms with Crippen LogP contribution >= 0.6 is 0 Å². The maximum Gasteiger partial charge on any atom is 0.410 e. The van der Waals surface area contributed by atoms with E-state index in [1.807, 2.05) is 11.8 Å². The van der Waals surface area contributed by atoms with Gasteiger partial charge in [0.2, 0.25) is 0 Å². The van der Waals surface area contributed by atoms with Gasteiger partial charge in [0.25, 0.3) is 0 Å². The molecule has 1 amide bonds. The van der Waals surface area contributed by atoms with E-state index in [0.29, 0.717) is 6.61 Å². The molecule has 2 heterocycles. The van der Waals surface area contributed by atoms with Crippen LogP contribution in [0.3, 0.4) is 0 Å². The third-order valence-electron chi connectivity index (χ3n) is 3.51. The van der Waals surface area contributed by atoms with Gasteiger partial charge >= 0.3 is 6.09 Å². The molecule has 0 aromatic rings. The van der Waals surface area contributed by atoms with E-state index >= 15 is 0 Å². The molecule has 0 unspecified atom stereocenters. The number of hydrogen-bond acceptors (Lipinski definition) is 3. The largest absolute Gasteiger partial charge is 0.450 e. The number of ether oxygens (including phenoxy) is 2. The zero-order valence-corrected chi connectivity index (χ0v) is 9.33. The molecular formula is C11H19NO3. The fourth-order valence-corrected chi connectivity index (χ4v) is 2.70. The number of likely N-dealkylation sites (tertiary alicyclic amines) is 1. The second-order valence-electron chi connectivity index (χ2n) is 4.29. The van der Waals surface area contributed by atoms with Gasteiger partial charge in [0.15, 0.2) is 0 Å². The third kappa shape index (κ3) is 1.95. The standard InChI is InChI=1S/C11H19NO3/c1-2-15-10(13)12-7-3-4-11(12)5-8-14-9-6-11/h2-9H2,1H3. The predicted octanol–water partition coefficient (Wildman–Crippen LogP) is 1.79. The van der Waals surface area contributed by atoms with E-state index in [2.05, 4.69) is 0 Å². The predicted molar refractivity (Wildman–Crippen MR) is 55.7 cm³/mol. The lowest BCUT2D eigenvalue weighted by Gasteiger charge is -2.40. The molecule has 1 spiro atoms. The highest BCUT2D eigenvalue weighted by molar-refractivity contribution is 5.69. The molecule has 0 radical (unpaired) electrons. The van der Waals surface area contributed by atoms with Gasteiger partial charge in [-0.1, -0.05) is 0 Å². The second kappa shape index (κ2) is 4.39. The lowest BCUT2D eigenvalue weighted by Crippen LogP contribution is -2.50. The highest BCUT2D eigenvalue weighted by Crippen LogP contribution is 2.38. The number of nitrogens with zero attached hydrogens (tertiary/aromatic N) is 1. The van der Waals surface area contributed by atoms with E-state index in [-0.39, 0.29) is 11.6 Å². The van der Waals surface area contributed by atoms with Crippen molar-refractivity contribution < 1.29 is 14.3 Å². The van der Waals surface area contributed by atoms with Crippen molar-refractivity contribution in [3.05, 3.63) is 0 Å². The van der Waals surface area contributed by atoms with Crippen LogP contribution in [-0.2, 0) is 9.47 Å². The van der Waals surface area contributed by atoms with Crippen molar-refractivity contribution in [3.63, 3.8) is 0 Å². The molecule has 4 heteroatoms. The van der Waals surface area contributed by atoms with Crippen molar-refractivity contribution in [2.75, 3.05) is 26.4 Å². The van der Waals surface area contributed by atoms with Gasteiger partial charge in [-0.05, 0) is 32.6 Å². The SMILES string of the molecule is CCOC(=O)N1CCCC12CCOCC2. The number of carbonyl (C=O) groups excluding carboxylic acids is 1. The molecule has 86 valence electrons. The van der Waals surface area contributed by atoms with Gasteiger partial charge in [0, 0.05) is 19.8 Å². The van der Waals surface area contributed by atoms with Gasteiger partial charge in [0.05, 0.1) is 12.1 Å². The molecule has 0 aliphatic carbocycles. The third-order valence-corrected chi connectivity index (χ3v) is 3.51. The second-order valence-corrected chi connectivity index (χ2v) is 4.29. The number of amides is 1. The van der Waals surface area contributed by atoms with Crippen LogP contribution < -0.4 is 0 Å². The average Bonchev–Trinajstić information content (AvgIpc) is 2.63. The zero-order valence-electron chi connectivity index (χ0n) is 9.33. The summed E-state index contributed by atoms with van der Waals surface area (Å²) >= 11 is 0. The first-order valence-corrected chi connectivity index (χ1v) is 5.81. The summed E-state index contributed by atoms with van der Waals surface area (Å²) in [6, 6.07) is 0. The van der Waals surface area contributed by atoms with E-state index in [9.17, 15) is 4.79 Å². The van der Waals surface area contributed by atoms with Gasteiger partial charge in [-0.2, -0.15) is 0 Å². The Balaban J connectivity index is 2.06. The quantitative estimate of drug-likeness (QED) is 0.666.